The van der Waals surface area contributed by atoms with Crippen molar-refractivity contribution in [2.75, 3.05) is 26.2 Å². The second-order valence-corrected chi connectivity index (χ2v) is 6.01. The molecule has 1 fully saturated rings. The first-order valence-corrected chi connectivity index (χ1v) is 8.58. The smallest absolute Gasteiger partial charge is 0.317 e. The molecule has 1 aromatic rings. The molecule has 0 radical (unpaired) electrons. The molecular weight excluding hydrogens is 295 g/mol. The zero-order chi connectivity index (χ0) is 16.5. The first-order valence-electron chi connectivity index (χ1n) is 8.58. The van der Waals surface area contributed by atoms with Crippen molar-refractivity contribution < 1.29 is 13.9 Å². The molecule has 2 amide bonds. The molecule has 1 aromatic carbocycles. The minimum absolute atomic E-state index is 0.0386. The lowest BCUT2D eigenvalue weighted by Gasteiger charge is -2.32. The maximum atomic E-state index is 13.5. The summed E-state index contributed by atoms with van der Waals surface area (Å²) < 4.78 is 19.2. The molecule has 1 N–H and O–H groups in total. The molecule has 5 heteroatoms. The lowest BCUT2D eigenvalue weighted by atomic mass is 10.1. The van der Waals surface area contributed by atoms with Crippen molar-refractivity contribution in [3.8, 4) is 0 Å². The van der Waals surface area contributed by atoms with E-state index in [0.29, 0.717) is 25.1 Å². The summed E-state index contributed by atoms with van der Waals surface area (Å²) in [4.78, 5) is 14.0. The number of urea groups is 1. The van der Waals surface area contributed by atoms with Gasteiger partial charge in [-0.15, -0.1) is 0 Å². The first kappa shape index (κ1) is 17.7. The van der Waals surface area contributed by atoms with Crippen LogP contribution in [0.5, 0.6) is 0 Å². The Bertz CT molecular complexity index is 496. The number of nitrogens with one attached hydrogen (secondary N) is 1. The van der Waals surface area contributed by atoms with Gasteiger partial charge >= 0.3 is 6.03 Å². The number of likely N-dealkylation sites (tertiary alicyclic amines) is 1. The van der Waals surface area contributed by atoms with Crippen LogP contribution in [-0.2, 0) is 11.2 Å². The van der Waals surface area contributed by atoms with Crippen LogP contribution >= 0.6 is 0 Å². The van der Waals surface area contributed by atoms with E-state index in [1.165, 1.54) is 6.07 Å². The Labute approximate surface area is 138 Å². The van der Waals surface area contributed by atoms with Crippen LogP contribution in [0.2, 0.25) is 0 Å². The highest BCUT2D eigenvalue weighted by atomic mass is 19.1. The number of benzene rings is 1. The normalized spacial score (nSPS) is 18.0. The molecule has 0 spiro atoms. The van der Waals surface area contributed by atoms with E-state index >= 15 is 0 Å². The summed E-state index contributed by atoms with van der Waals surface area (Å²) in [5.74, 6) is -0.175. The maximum Gasteiger partial charge on any atom is 0.317 e. The summed E-state index contributed by atoms with van der Waals surface area (Å²) in [6, 6.07) is 6.74. The van der Waals surface area contributed by atoms with Crippen molar-refractivity contribution in [3.63, 3.8) is 0 Å². The van der Waals surface area contributed by atoms with E-state index in [1.54, 1.807) is 12.1 Å². The molecule has 1 atom stereocenters. The molecule has 128 valence electrons. The number of hydrogen-bond acceptors (Lipinski definition) is 2. The van der Waals surface area contributed by atoms with Crippen molar-refractivity contribution in [2.45, 2.75) is 45.1 Å². The van der Waals surface area contributed by atoms with Gasteiger partial charge in [0.05, 0.1) is 6.10 Å². The molecule has 0 aromatic heterocycles. The van der Waals surface area contributed by atoms with Crippen LogP contribution in [0, 0.1) is 5.82 Å². The number of amides is 2. The first-order chi connectivity index (χ1) is 11.2. The number of halogens is 1. The third kappa shape index (κ3) is 5.82. The van der Waals surface area contributed by atoms with Gasteiger partial charge in [-0.05, 0) is 43.7 Å². The van der Waals surface area contributed by atoms with Gasteiger partial charge in [0.25, 0.3) is 0 Å². The lowest BCUT2D eigenvalue weighted by molar-refractivity contribution is 0.0101. The molecule has 1 saturated heterocycles. The van der Waals surface area contributed by atoms with Gasteiger partial charge in [0.1, 0.15) is 5.82 Å². The highest BCUT2D eigenvalue weighted by Crippen LogP contribution is 2.14. The molecular formula is C18H27FN2O2. The van der Waals surface area contributed by atoms with Crippen LogP contribution in [0.25, 0.3) is 0 Å². The van der Waals surface area contributed by atoms with Crippen molar-refractivity contribution in [1.82, 2.24) is 10.2 Å². The van der Waals surface area contributed by atoms with Crippen LogP contribution in [-0.4, -0.2) is 43.3 Å². The van der Waals surface area contributed by atoms with E-state index in [4.69, 9.17) is 4.74 Å². The molecule has 0 unspecified atom stereocenters. The fraction of sp³-hybridized carbons (Fsp3) is 0.611. The number of hydrogen-bond donors (Lipinski definition) is 1. The van der Waals surface area contributed by atoms with Crippen LogP contribution in [0.15, 0.2) is 24.3 Å². The molecule has 1 aliphatic rings. The average molecular weight is 322 g/mol. The minimum Gasteiger partial charge on any atom is -0.376 e. The largest absolute Gasteiger partial charge is 0.376 e. The van der Waals surface area contributed by atoms with Crippen LogP contribution in [0.1, 0.15) is 38.2 Å². The highest BCUT2D eigenvalue weighted by molar-refractivity contribution is 5.74. The second-order valence-electron chi connectivity index (χ2n) is 6.01. The summed E-state index contributed by atoms with van der Waals surface area (Å²) in [5, 5.41) is 2.93. The van der Waals surface area contributed by atoms with Gasteiger partial charge < -0.3 is 15.0 Å². The molecule has 1 aliphatic heterocycles. The van der Waals surface area contributed by atoms with Gasteiger partial charge in [-0.1, -0.05) is 25.1 Å². The van der Waals surface area contributed by atoms with Gasteiger partial charge in [0.15, 0.2) is 0 Å². The predicted molar refractivity (Wildman–Crippen MR) is 89.0 cm³/mol. The predicted octanol–water partition coefficient (Wildman–Crippen LogP) is 3.36. The van der Waals surface area contributed by atoms with Crippen LogP contribution < -0.4 is 5.32 Å². The van der Waals surface area contributed by atoms with E-state index in [0.717, 1.165) is 38.8 Å². The van der Waals surface area contributed by atoms with Crippen LogP contribution in [0.4, 0.5) is 9.18 Å². The number of carbonyl (C=O) groups excluding carboxylic acids is 1. The minimum atomic E-state index is -0.175. The Morgan fingerprint density at radius 1 is 1.43 bits per heavy atom. The highest BCUT2D eigenvalue weighted by Gasteiger charge is 2.23. The van der Waals surface area contributed by atoms with E-state index < -0.39 is 0 Å². The average Bonchev–Trinajstić information content (AvgIpc) is 2.58. The summed E-state index contributed by atoms with van der Waals surface area (Å²) in [6.45, 7) is 4.85. The molecule has 2 rings (SSSR count). The summed E-state index contributed by atoms with van der Waals surface area (Å²) in [5.41, 5.74) is 0.702. The van der Waals surface area contributed by atoms with Gasteiger partial charge in [0.2, 0.25) is 0 Å². The molecule has 4 nitrogen and oxygen atoms in total. The van der Waals surface area contributed by atoms with E-state index in [-0.39, 0.29) is 18.0 Å². The maximum absolute atomic E-state index is 13.5. The summed E-state index contributed by atoms with van der Waals surface area (Å²) >= 11 is 0. The standard InChI is InChI=1S/C18H27FN2O2/c1-2-13-23-16-9-6-12-21(14-16)18(22)20-11-5-8-15-7-3-4-10-17(15)19/h3-4,7,10,16H,2,5-6,8-9,11-14H2,1H3,(H,20,22)/t16-/m1/s1. The van der Waals surface area contributed by atoms with Crippen molar-refractivity contribution in [2.24, 2.45) is 0 Å². The molecule has 23 heavy (non-hydrogen) atoms. The van der Waals surface area contributed by atoms with Gasteiger partial charge in [-0.2, -0.15) is 0 Å². The SMILES string of the molecule is CCCO[C@@H]1CCCN(C(=O)NCCCc2ccccc2F)C1. The van der Waals surface area contributed by atoms with E-state index in [9.17, 15) is 9.18 Å². The number of piperidine rings is 1. The topological polar surface area (TPSA) is 41.6 Å². The zero-order valence-corrected chi connectivity index (χ0v) is 13.9. The summed E-state index contributed by atoms with van der Waals surface area (Å²) in [7, 11) is 0. The van der Waals surface area contributed by atoms with E-state index in [1.807, 2.05) is 11.0 Å². The van der Waals surface area contributed by atoms with Crippen LogP contribution in [0.3, 0.4) is 0 Å². The third-order valence-corrected chi connectivity index (χ3v) is 4.08. The summed E-state index contributed by atoms with van der Waals surface area (Å²) in [6.07, 6.45) is 4.53. The number of nitrogens with zero attached hydrogens (tertiary/aromatic N) is 1. The Morgan fingerprint density at radius 2 is 2.26 bits per heavy atom. The fourth-order valence-electron chi connectivity index (χ4n) is 2.83. The van der Waals surface area contributed by atoms with Crippen molar-refractivity contribution >= 4 is 6.03 Å². The Morgan fingerprint density at radius 3 is 3.04 bits per heavy atom. The molecule has 1 heterocycles. The van der Waals surface area contributed by atoms with Gasteiger partial charge in [-0.3, -0.25) is 0 Å². The lowest BCUT2D eigenvalue weighted by Crippen LogP contribution is -2.48. The van der Waals surface area contributed by atoms with Gasteiger partial charge in [-0.25, -0.2) is 9.18 Å². The monoisotopic (exact) mass is 322 g/mol. The number of ether oxygens (including phenoxy) is 1. The second kappa shape index (κ2) is 9.50. The zero-order valence-electron chi connectivity index (χ0n) is 13.9. The quantitative estimate of drug-likeness (QED) is 0.782. The number of carbonyl (C=O) groups is 1. The fourth-order valence-corrected chi connectivity index (χ4v) is 2.83. The molecule has 0 saturated carbocycles. The number of aryl methyl sites for hydroxylation is 1. The van der Waals surface area contributed by atoms with Gasteiger partial charge in [0, 0.05) is 26.2 Å². The van der Waals surface area contributed by atoms with Crippen molar-refractivity contribution in [3.05, 3.63) is 35.6 Å². The van der Waals surface area contributed by atoms with E-state index in [2.05, 4.69) is 12.2 Å². The molecule has 0 bridgehead atoms. The third-order valence-electron chi connectivity index (χ3n) is 4.08. The van der Waals surface area contributed by atoms with Crippen molar-refractivity contribution in [1.29, 1.82) is 0 Å². The Kier molecular flexibility index (Phi) is 7.33. The molecule has 0 aliphatic carbocycles. The number of rotatable bonds is 7. The Hall–Kier alpha value is -1.62. The Balaban J connectivity index is 1.67.